The van der Waals surface area contributed by atoms with E-state index >= 15 is 0 Å². The third-order valence-corrected chi connectivity index (χ3v) is 4.79. The Kier molecular flexibility index (Phi) is 6.16. The van der Waals surface area contributed by atoms with E-state index in [1.54, 1.807) is 0 Å². The maximum Gasteiger partial charge on any atom is 0.0149 e. The minimum Gasteiger partial charge on any atom is -0.317 e. The van der Waals surface area contributed by atoms with Crippen LogP contribution in [0.3, 0.4) is 0 Å². The van der Waals surface area contributed by atoms with Crippen LogP contribution < -0.4 is 5.32 Å². The van der Waals surface area contributed by atoms with E-state index in [0.29, 0.717) is 6.04 Å². The molecular weight excluding hydrogens is 216 g/mol. The van der Waals surface area contributed by atoms with Crippen LogP contribution in [0.4, 0.5) is 0 Å². The van der Waals surface area contributed by atoms with Crippen LogP contribution in [0.5, 0.6) is 0 Å². The molecule has 1 rings (SSSR count). The lowest BCUT2D eigenvalue weighted by atomic mass is 10.0. The van der Waals surface area contributed by atoms with Crippen LogP contribution >= 0.6 is 11.8 Å². The Labute approximate surface area is 106 Å². The van der Waals surface area contributed by atoms with Gasteiger partial charge in [0.2, 0.25) is 0 Å². The molecule has 4 unspecified atom stereocenters. The monoisotopic (exact) mass is 244 g/mol. The van der Waals surface area contributed by atoms with Crippen LogP contribution in [0.15, 0.2) is 0 Å². The maximum absolute atomic E-state index is 3.46. The molecule has 1 aliphatic rings. The molecule has 0 radical (unpaired) electrons. The van der Waals surface area contributed by atoms with Gasteiger partial charge >= 0.3 is 0 Å². The fraction of sp³-hybridized carbons (Fsp3) is 1.00. The Morgan fingerprint density at radius 3 is 2.31 bits per heavy atom. The van der Waals surface area contributed by atoms with Crippen LogP contribution in [0.1, 0.15) is 34.6 Å². The van der Waals surface area contributed by atoms with Gasteiger partial charge in [-0.3, -0.25) is 4.90 Å². The standard InChI is InChI=1S/C13H28N2S/c1-6-14-7-10(2)13(5)15-8-11(3)16-12(4)9-15/h10-14H,6-9H2,1-5H3. The molecule has 0 aliphatic carbocycles. The minimum atomic E-state index is 0.699. The summed E-state index contributed by atoms with van der Waals surface area (Å²) in [5.74, 6) is 0.738. The van der Waals surface area contributed by atoms with Crippen molar-refractivity contribution >= 4 is 11.8 Å². The lowest BCUT2D eigenvalue weighted by Gasteiger charge is -2.40. The molecule has 1 N–H and O–H groups in total. The van der Waals surface area contributed by atoms with Gasteiger partial charge in [0.1, 0.15) is 0 Å². The molecule has 16 heavy (non-hydrogen) atoms. The van der Waals surface area contributed by atoms with Crippen molar-refractivity contribution in [1.29, 1.82) is 0 Å². The molecule has 2 nitrogen and oxygen atoms in total. The van der Waals surface area contributed by atoms with E-state index in [4.69, 9.17) is 0 Å². The van der Waals surface area contributed by atoms with Gasteiger partial charge in [0, 0.05) is 29.6 Å². The predicted octanol–water partition coefficient (Wildman–Crippen LogP) is 2.45. The molecule has 4 atom stereocenters. The zero-order chi connectivity index (χ0) is 12.1. The van der Waals surface area contributed by atoms with Crippen LogP contribution in [-0.4, -0.2) is 47.6 Å². The van der Waals surface area contributed by atoms with Crippen LogP contribution in [0, 0.1) is 5.92 Å². The Morgan fingerprint density at radius 1 is 1.25 bits per heavy atom. The predicted molar refractivity (Wildman–Crippen MR) is 75.3 cm³/mol. The first-order valence-corrected chi connectivity index (χ1v) is 7.59. The zero-order valence-electron chi connectivity index (χ0n) is 11.5. The number of thioether (sulfide) groups is 1. The highest BCUT2D eigenvalue weighted by Gasteiger charge is 2.27. The number of hydrogen-bond donors (Lipinski definition) is 1. The van der Waals surface area contributed by atoms with Crippen molar-refractivity contribution in [3.63, 3.8) is 0 Å². The van der Waals surface area contributed by atoms with Gasteiger partial charge in [-0.15, -0.1) is 0 Å². The lowest BCUT2D eigenvalue weighted by molar-refractivity contribution is 0.158. The zero-order valence-corrected chi connectivity index (χ0v) is 12.3. The highest BCUT2D eigenvalue weighted by Crippen LogP contribution is 2.27. The van der Waals surface area contributed by atoms with Crippen LogP contribution in [0.25, 0.3) is 0 Å². The highest BCUT2D eigenvalue weighted by atomic mass is 32.2. The Hall–Kier alpha value is 0.270. The van der Waals surface area contributed by atoms with Crippen molar-refractivity contribution < 1.29 is 0 Å². The number of nitrogens with zero attached hydrogens (tertiary/aromatic N) is 1. The second-order valence-corrected chi connectivity index (χ2v) is 7.12. The summed E-state index contributed by atoms with van der Waals surface area (Å²) in [6, 6.07) is 0.699. The molecular formula is C13H28N2S. The van der Waals surface area contributed by atoms with Crippen molar-refractivity contribution in [2.45, 2.75) is 51.2 Å². The average Bonchev–Trinajstić information content (AvgIpc) is 2.23. The summed E-state index contributed by atoms with van der Waals surface area (Å²) in [5, 5.41) is 5.04. The molecule has 0 bridgehead atoms. The lowest BCUT2D eigenvalue weighted by Crippen LogP contribution is -2.49. The van der Waals surface area contributed by atoms with E-state index in [1.807, 2.05) is 0 Å². The summed E-state index contributed by atoms with van der Waals surface area (Å²) in [5.41, 5.74) is 0. The van der Waals surface area contributed by atoms with Crippen molar-refractivity contribution in [2.75, 3.05) is 26.2 Å². The first-order valence-electron chi connectivity index (χ1n) is 6.64. The second kappa shape index (κ2) is 6.87. The van der Waals surface area contributed by atoms with E-state index in [1.165, 1.54) is 13.1 Å². The Bertz CT molecular complexity index is 188. The van der Waals surface area contributed by atoms with Gasteiger partial charge in [0.25, 0.3) is 0 Å². The fourth-order valence-electron chi connectivity index (χ4n) is 2.45. The van der Waals surface area contributed by atoms with E-state index in [9.17, 15) is 0 Å². The normalized spacial score (nSPS) is 31.3. The van der Waals surface area contributed by atoms with Crippen molar-refractivity contribution in [3.05, 3.63) is 0 Å². The van der Waals surface area contributed by atoms with Gasteiger partial charge in [-0.1, -0.05) is 27.7 Å². The molecule has 0 aromatic heterocycles. The summed E-state index contributed by atoms with van der Waals surface area (Å²) in [6.07, 6.45) is 0. The molecule has 0 amide bonds. The molecule has 0 aromatic carbocycles. The number of hydrogen-bond acceptors (Lipinski definition) is 3. The molecule has 0 saturated carbocycles. The van der Waals surface area contributed by atoms with Crippen molar-refractivity contribution in [2.24, 2.45) is 5.92 Å². The number of rotatable bonds is 5. The number of nitrogens with one attached hydrogen (secondary N) is 1. The highest BCUT2D eigenvalue weighted by molar-refractivity contribution is 8.00. The minimum absolute atomic E-state index is 0.699. The fourth-order valence-corrected chi connectivity index (χ4v) is 3.80. The van der Waals surface area contributed by atoms with E-state index in [0.717, 1.165) is 29.5 Å². The maximum atomic E-state index is 3.46. The van der Waals surface area contributed by atoms with Crippen LogP contribution in [0.2, 0.25) is 0 Å². The van der Waals surface area contributed by atoms with E-state index in [-0.39, 0.29) is 0 Å². The summed E-state index contributed by atoms with van der Waals surface area (Å²) >= 11 is 2.13. The first kappa shape index (κ1) is 14.3. The van der Waals surface area contributed by atoms with Gasteiger partial charge < -0.3 is 5.32 Å². The molecule has 0 aromatic rings. The van der Waals surface area contributed by atoms with Gasteiger partial charge in [0.05, 0.1) is 0 Å². The average molecular weight is 244 g/mol. The Balaban J connectivity index is 2.42. The summed E-state index contributed by atoms with van der Waals surface area (Å²) in [4.78, 5) is 2.67. The van der Waals surface area contributed by atoms with Crippen LogP contribution in [-0.2, 0) is 0 Å². The largest absolute Gasteiger partial charge is 0.317 e. The summed E-state index contributed by atoms with van der Waals surface area (Å²) in [6.45, 7) is 16.4. The topological polar surface area (TPSA) is 15.3 Å². The summed E-state index contributed by atoms with van der Waals surface area (Å²) in [7, 11) is 0. The molecule has 1 heterocycles. The van der Waals surface area contributed by atoms with Gasteiger partial charge in [-0.25, -0.2) is 0 Å². The molecule has 96 valence electrons. The molecule has 1 saturated heterocycles. The Morgan fingerprint density at radius 2 is 1.81 bits per heavy atom. The molecule has 3 heteroatoms. The quantitative estimate of drug-likeness (QED) is 0.800. The van der Waals surface area contributed by atoms with E-state index in [2.05, 4.69) is 56.6 Å². The SMILES string of the molecule is CCNCC(C)C(C)N1CC(C)SC(C)C1. The summed E-state index contributed by atoms with van der Waals surface area (Å²) < 4.78 is 0. The van der Waals surface area contributed by atoms with E-state index < -0.39 is 0 Å². The molecule has 1 fully saturated rings. The second-order valence-electron chi connectivity index (χ2n) is 5.24. The molecule has 0 spiro atoms. The third kappa shape index (κ3) is 4.27. The van der Waals surface area contributed by atoms with Gasteiger partial charge in [-0.2, -0.15) is 11.8 Å². The first-order chi connectivity index (χ1) is 7.54. The smallest absolute Gasteiger partial charge is 0.0149 e. The van der Waals surface area contributed by atoms with Crippen molar-refractivity contribution in [1.82, 2.24) is 10.2 Å². The van der Waals surface area contributed by atoms with Gasteiger partial charge in [0.15, 0.2) is 0 Å². The third-order valence-electron chi connectivity index (χ3n) is 3.56. The van der Waals surface area contributed by atoms with Crippen molar-refractivity contribution in [3.8, 4) is 0 Å². The van der Waals surface area contributed by atoms with Gasteiger partial charge in [-0.05, 0) is 25.9 Å². The molecule has 1 aliphatic heterocycles.